The smallest absolute Gasteiger partial charge is 0.285 e. The van der Waals surface area contributed by atoms with Gasteiger partial charge in [-0.15, -0.1) is 9.19 Å². The van der Waals surface area contributed by atoms with Gasteiger partial charge in [-0.2, -0.15) is 18.4 Å². The molecule has 0 amide bonds. The molecule has 3 N–H and O–H groups in total. The molecular formula is C24H26N10O3S. The Bertz CT molecular complexity index is 1620. The summed E-state index contributed by atoms with van der Waals surface area (Å²) in [4.78, 5) is 13.9. The van der Waals surface area contributed by atoms with Gasteiger partial charge < -0.3 is 15.7 Å². The molecule has 3 heterocycles. The molecule has 0 unspecified atom stereocenters. The molecule has 2 atom stereocenters. The van der Waals surface area contributed by atoms with E-state index in [2.05, 4.69) is 41.1 Å². The second kappa shape index (κ2) is 10.5. The lowest BCUT2D eigenvalue weighted by atomic mass is 10.1. The van der Waals surface area contributed by atoms with Crippen LogP contribution in [0.2, 0.25) is 0 Å². The van der Waals surface area contributed by atoms with Crippen LogP contribution >= 0.6 is 0 Å². The Balaban J connectivity index is 1.53. The fourth-order valence-corrected chi connectivity index (χ4v) is 4.93. The van der Waals surface area contributed by atoms with Crippen LogP contribution in [-0.2, 0) is 16.6 Å². The molecule has 0 saturated heterocycles. The summed E-state index contributed by atoms with van der Waals surface area (Å²) in [6.07, 6.45) is 2.69. The normalized spacial score (nSPS) is 13.3. The lowest BCUT2D eigenvalue weighted by molar-refractivity contribution is 0.169. The standard InChI is InChI=1S/C24H26N10O3S/c1-3-20(16(2)35)28-24-29-22(25-13-17-7-5-4-6-8-17)21-23(30-24)33(14-26-21)18-9-11-19(12-10-18)38(36,37)34-15-27-31-32-34/h4-12,14-16,20,35H,3,13H2,1-2H3,(H2,25,28,29,30)/t16-,20+/m1/s1. The highest BCUT2D eigenvalue weighted by molar-refractivity contribution is 7.89. The number of nitrogens with zero attached hydrogens (tertiary/aromatic N) is 8. The molecule has 0 aliphatic carbocycles. The van der Waals surface area contributed by atoms with E-state index in [1.165, 1.54) is 12.1 Å². The van der Waals surface area contributed by atoms with Gasteiger partial charge in [0.25, 0.3) is 10.0 Å². The maximum atomic E-state index is 12.7. The van der Waals surface area contributed by atoms with Gasteiger partial charge in [-0.05, 0) is 53.6 Å². The molecule has 0 spiro atoms. The van der Waals surface area contributed by atoms with Crippen molar-refractivity contribution in [2.75, 3.05) is 10.6 Å². The Morgan fingerprint density at radius 1 is 1.03 bits per heavy atom. The third-order valence-corrected chi connectivity index (χ3v) is 7.55. The Kier molecular flexibility index (Phi) is 6.98. The number of nitrogens with one attached hydrogen (secondary N) is 2. The van der Waals surface area contributed by atoms with Crippen molar-refractivity contribution < 1.29 is 13.5 Å². The van der Waals surface area contributed by atoms with Crippen LogP contribution in [-0.4, -0.2) is 64.8 Å². The summed E-state index contributed by atoms with van der Waals surface area (Å²) in [5.41, 5.74) is 2.77. The number of aliphatic hydroxyl groups excluding tert-OH is 1. The molecule has 0 aliphatic heterocycles. The van der Waals surface area contributed by atoms with E-state index >= 15 is 0 Å². The van der Waals surface area contributed by atoms with Gasteiger partial charge in [0.05, 0.1) is 17.0 Å². The zero-order valence-corrected chi connectivity index (χ0v) is 21.5. The fraction of sp³-hybridized carbons (Fsp3) is 0.250. The molecule has 196 valence electrons. The molecule has 0 saturated carbocycles. The van der Waals surface area contributed by atoms with Crippen molar-refractivity contribution in [2.45, 2.75) is 43.9 Å². The highest BCUT2D eigenvalue weighted by atomic mass is 32.2. The molecule has 0 bridgehead atoms. The number of rotatable bonds is 10. The number of hydrogen-bond acceptors (Lipinski definition) is 11. The zero-order valence-electron chi connectivity index (χ0n) is 20.7. The van der Waals surface area contributed by atoms with Crippen molar-refractivity contribution in [3.8, 4) is 5.69 Å². The molecule has 14 heteroatoms. The van der Waals surface area contributed by atoms with Crippen LogP contribution in [0.1, 0.15) is 25.8 Å². The topological polar surface area (TPSA) is 166 Å². The number of tetrazole rings is 1. The van der Waals surface area contributed by atoms with Gasteiger partial charge in [-0.25, -0.2) is 4.98 Å². The number of benzene rings is 2. The lowest BCUT2D eigenvalue weighted by Crippen LogP contribution is -2.31. The fourth-order valence-electron chi connectivity index (χ4n) is 3.94. The van der Waals surface area contributed by atoms with Gasteiger partial charge in [0.15, 0.2) is 23.3 Å². The van der Waals surface area contributed by atoms with Gasteiger partial charge in [0.1, 0.15) is 6.33 Å². The SMILES string of the molecule is CC[C@H](Nc1nc(NCc2ccccc2)c2ncn(-c3ccc(S(=O)(=O)n4cnnn4)cc3)c2n1)[C@@H](C)O. The number of anilines is 2. The van der Waals surface area contributed by atoms with Crippen molar-refractivity contribution >= 4 is 33.0 Å². The van der Waals surface area contributed by atoms with Gasteiger partial charge >= 0.3 is 0 Å². The number of hydrogen-bond donors (Lipinski definition) is 3. The summed E-state index contributed by atoms with van der Waals surface area (Å²) in [5.74, 6) is 0.860. The number of aliphatic hydroxyl groups is 1. The van der Waals surface area contributed by atoms with E-state index in [1.807, 2.05) is 37.3 Å². The van der Waals surface area contributed by atoms with Crippen LogP contribution in [0.5, 0.6) is 0 Å². The van der Waals surface area contributed by atoms with Crippen molar-refractivity contribution in [1.82, 2.24) is 39.1 Å². The van der Waals surface area contributed by atoms with Crippen LogP contribution < -0.4 is 10.6 Å². The predicted octanol–water partition coefficient (Wildman–Crippen LogP) is 2.22. The minimum atomic E-state index is -3.91. The van der Waals surface area contributed by atoms with E-state index in [9.17, 15) is 13.5 Å². The second-order valence-electron chi connectivity index (χ2n) is 8.60. The van der Waals surface area contributed by atoms with Crippen LogP contribution in [0.4, 0.5) is 11.8 Å². The zero-order chi connectivity index (χ0) is 26.7. The van der Waals surface area contributed by atoms with Crippen molar-refractivity contribution in [2.24, 2.45) is 0 Å². The van der Waals surface area contributed by atoms with E-state index in [0.717, 1.165) is 11.9 Å². The number of fused-ring (bicyclic) bond motifs is 1. The molecule has 13 nitrogen and oxygen atoms in total. The maximum absolute atomic E-state index is 12.7. The summed E-state index contributed by atoms with van der Waals surface area (Å²) in [6, 6.07) is 15.9. The summed E-state index contributed by atoms with van der Waals surface area (Å²) in [7, 11) is -3.91. The predicted molar refractivity (Wildman–Crippen MR) is 140 cm³/mol. The van der Waals surface area contributed by atoms with Crippen LogP contribution in [0.25, 0.3) is 16.9 Å². The van der Waals surface area contributed by atoms with Gasteiger partial charge in [-0.1, -0.05) is 37.3 Å². The molecule has 38 heavy (non-hydrogen) atoms. The molecule has 0 radical (unpaired) electrons. The summed E-state index contributed by atoms with van der Waals surface area (Å²) in [5, 5.41) is 27.0. The first-order chi connectivity index (χ1) is 18.4. The molecule has 5 aromatic rings. The van der Waals surface area contributed by atoms with Crippen molar-refractivity contribution in [1.29, 1.82) is 0 Å². The Morgan fingerprint density at radius 3 is 2.45 bits per heavy atom. The molecule has 0 aliphatic rings. The van der Waals surface area contributed by atoms with Crippen LogP contribution in [0.3, 0.4) is 0 Å². The number of aromatic nitrogens is 8. The maximum Gasteiger partial charge on any atom is 0.285 e. The van der Waals surface area contributed by atoms with Crippen molar-refractivity contribution in [3.63, 3.8) is 0 Å². The van der Waals surface area contributed by atoms with E-state index < -0.39 is 16.1 Å². The van der Waals surface area contributed by atoms with E-state index in [0.29, 0.717) is 45.7 Å². The Labute approximate surface area is 218 Å². The Hall–Kier alpha value is -4.43. The van der Waals surface area contributed by atoms with Crippen LogP contribution in [0, 0.1) is 0 Å². The largest absolute Gasteiger partial charge is 0.391 e. The summed E-state index contributed by atoms with van der Waals surface area (Å²) in [6.45, 7) is 4.20. The summed E-state index contributed by atoms with van der Waals surface area (Å²) >= 11 is 0. The minimum Gasteiger partial charge on any atom is -0.391 e. The first-order valence-corrected chi connectivity index (χ1v) is 13.4. The van der Waals surface area contributed by atoms with Crippen LogP contribution in [0.15, 0.2) is 72.1 Å². The van der Waals surface area contributed by atoms with Gasteiger partial charge in [0.2, 0.25) is 5.95 Å². The average molecular weight is 535 g/mol. The summed E-state index contributed by atoms with van der Waals surface area (Å²) < 4.78 is 27.9. The molecule has 0 fully saturated rings. The quantitative estimate of drug-likeness (QED) is 0.240. The lowest BCUT2D eigenvalue weighted by Gasteiger charge is -2.20. The third kappa shape index (κ3) is 5.03. The monoisotopic (exact) mass is 534 g/mol. The van der Waals surface area contributed by atoms with Gasteiger partial charge in [0, 0.05) is 12.2 Å². The first-order valence-electron chi connectivity index (χ1n) is 11.9. The molecule has 5 rings (SSSR count). The number of imidazole rings is 1. The Morgan fingerprint density at radius 2 is 1.79 bits per heavy atom. The minimum absolute atomic E-state index is 0.0305. The third-order valence-electron chi connectivity index (χ3n) is 6.02. The molecule has 3 aromatic heterocycles. The molecule has 2 aromatic carbocycles. The second-order valence-corrected chi connectivity index (χ2v) is 10.4. The van der Waals surface area contributed by atoms with E-state index in [-0.39, 0.29) is 10.9 Å². The van der Waals surface area contributed by atoms with E-state index in [4.69, 9.17) is 0 Å². The highest BCUT2D eigenvalue weighted by Gasteiger charge is 2.20. The van der Waals surface area contributed by atoms with Gasteiger partial charge in [-0.3, -0.25) is 4.57 Å². The highest BCUT2D eigenvalue weighted by Crippen LogP contribution is 2.26. The van der Waals surface area contributed by atoms with Crippen molar-refractivity contribution in [3.05, 3.63) is 72.8 Å². The molecular weight excluding hydrogens is 508 g/mol. The van der Waals surface area contributed by atoms with E-state index in [1.54, 1.807) is 30.0 Å². The average Bonchev–Trinajstić information content (AvgIpc) is 3.62. The first kappa shape index (κ1) is 25.2.